The van der Waals surface area contributed by atoms with Gasteiger partial charge in [-0.05, 0) is 128 Å². The van der Waals surface area contributed by atoms with E-state index in [2.05, 4.69) is 277 Å². The Balaban J connectivity index is 1.01. The number of benzene rings is 12. The number of fused-ring (bicyclic) bond motifs is 13. The third kappa shape index (κ3) is 6.14. The molecule has 0 saturated carbocycles. The van der Waals surface area contributed by atoms with Crippen molar-refractivity contribution >= 4 is 99.5 Å². The molecule has 2 aromatic heterocycles. The Morgan fingerprint density at radius 2 is 0.644 bits per heavy atom. The van der Waals surface area contributed by atoms with E-state index in [0.717, 1.165) is 88.8 Å². The summed E-state index contributed by atoms with van der Waals surface area (Å²) in [4.78, 5) is 4.78. The highest BCUT2D eigenvalue weighted by molar-refractivity contribution is 6.24. The molecule has 15 rings (SSSR count). The van der Waals surface area contributed by atoms with E-state index in [1.54, 1.807) is 0 Å². The van der Waals surface area contributed by atoms with E-state index in [1.807, 2.05) is 0 Å². The topological polar surface area (TPSA) is 32.8 Å². The Labute approximate surface area is 421 Å². The largest absolute Gasteiger partial charge is 0.454 e. The lowest BCUT2D eigenvalue weighted by molar-refractivity contribution is 0.669. The van der Waals surface area contributed by atoms with Gasteiger partial charge in [0.25, 0.3) is 0 Å². The van der Waals surface area contributed by atoms with Gasteiger partial charge in [0.05, 0.1) is 16.8 Å². The van der Waals surface area contributed by atoms with Crippen LogP contribution in [0.3, 0.4) is 0 Å². The molecule has 0 spiro atoms. The summed E-state index contributed by atoms with van der Waals surface area (Å²) in [7, 11) is 0. The molecule has 0 N–H and O–H groups in total. The van der Waals surface area contributed by atoms with Gasteiger partial charge in [-0.25, -0.2) is 0 Å². The zero-order valence-corrected chi connectivity index (χ0v) is 39.6. The van der Waals surface area contributed by atoms with Crippen LogP contribution in [0.4, 0.5) is 34.1 Å². The van der Waals surface area contributed by atoms with Crippen molar-refractivity contribution < 1.29 is 8.83 Å². The Bertz CT molecular complexity index is 4160. The summed E-state index contributed by atoms with van der Waals surface area (Å²) in [6, 6.07) is 96.6. The van der Waals surface area contributed by atoms with Crippen LogP contribution in [0.25, 0.3) is 76.5 Å². The molecule has 0 bridgehead atoms. The molecule has 0 amide bonds. The van der Waals surface area contributed by atoms with Gasteiger partial charge in [0.15, 0.2) is 11.2 Å². The third-order valence-corrected chi connectivity index (χ3v) is 15.2. The molecule has 73 heavy (non-hydrogen) atoms. The molecule has 0 atom stereocenters. The standard InChI is InChI=1S/C69H44N2O2/c1-5-23-47(24-6-1)69(48-25-7-2-8-26-48)59-43-51(70(49-27-9-3-10-28-49)61-41-45-21-13-15-31-53(45)65-57-33-17-19-35-63(57)72-67(61)65)37-39-55(59)56-40-38-52(44-60(56)69)71(50-29-11-4-12-30-50)62-42-46-22-14-16-32-54(46)66-58-34-18-20-36-64(58)73-68(62)66/h1-44H. The number of anilines is 6. The van der Waals surface area contributed by atoms with E-state index in [1.165, 1.54) is 44.2 Å². The van der Waals surface area contributed by atoms with Crippen molar-refractivity contribution in [3.05, 3.63) is 289 Å². The van der Waals surface area contributed by atoms with Crippen molar-refractivity contribution in [3.8, 4) is 11.1 Å². The first-order valence-corrected chi connectivity index (χ1v) is 25.0. The Morgan fingerprint density at radius 3 is 1.07 bits per heavy atom. The first kappa shape index (κ1) is 41.2. The van der Waals surface area contributed by atoms with Gasteiger partial charge in [0, 0.05) is 44.3 Å². The Hall–Kier alpha value is -9.64. The van der Waals surface area contributed by atoms with Gasteiger partial charge >= 0.3 is 0 Å². The Morgan fingerprint density at radius 1 is 0.288 bits per heavy atom. The van der Waals surface area contributed by atoms with Crippen molar-refractivity contribution in [2.75, 3.05) is 9.80 Å². The van der Waals surface area contributed by atoms with Crippen LogP contribution in [-0.2, 0) is 5.41 Å². The molecular weight excluding hydrogens is 889 g/mol. The zero-order chi connectivity index (χ0) is 48.0. The van der Waals surface area contributed by atoms with Gasteiger partial charge in [-0.1, -0.05) is 194 Å². The molecular formula is C69H44N2O2. The van der Waals surface area contributed by atoms with E-state index < -0.39 is 5.41 Å². The monoisotopic (exact) mass is 932 g/mol. The molecule has 0 unspecified atom stereocenters. The van der Waals surface area contributed by atoms with Crippen LogP contribution in [0.2, 0.25) is 0 Å². The van der Waals surface area contributed by atoms with Crippen molar-refractivity contribution in [2.45, 2.75) is 5.41 Å². The van der Waals surface area contributed by atoms with E-state index in [4.69, 9.17) is 8.83 Å². The summed E-state index contributed by atoms with van der Waals surface area (Å²) in [5, 5.41) is 9.06. The van der Waals surface area contributed by atoms with Crippen LogP contribution in [-0.4, -0.2) is 0 Å². The van der Waals surface area contributed by atoms with Crippen LogP contribution in [0.1, 0.15) is 22.3 Å². The van der Waals surface area contributed by atoms with Crippen LogP contribution in [0.15, 0.2) is 276 Å². The van der Waals surface area contributed by atoms with E-state index >= 15 is 0 Å². The zero-order valence-electron chi connectivity index (χ0n) is 39.6. The number of hydrogen-bond acceptors (Lipinski definition) is 4. The average molecular weight is 933 g/mol. The molecule has 0 fully saturated rings. The number of hydrogen-bond donors (Lipinski definition) is 0. The summed E-state index contributed by atoms with van der Waals surface area (Å²) < 4.78 is 13.9. The normalized spacial score (nSPS) is 12.8. The van der Waals surface area contributed by atoms with Crippen LogP contribution in [0.5, 0.6) is 0 Å². The quantitative estimate of drug-likeness (QED) is 0.152. The highest BCUT2D eigenvalue weighted by Gasteiger charge is 2.47. The number of furan rings is 2. The van der Waals surface area contributed by atoms with E-state index in [9.17, 15) is 0 Å². The average Bonchev–Trinajstić information content (AvgIpc) is 4.14. The minimum absolute atomic E-state index is 0.736. The SMILES string of the molecule is c1ccc(N(c2ccc3c(c2)C(c2ccccc2)(c2ccccc2)c2cc(N(c4ccccc4)c4cc5ccccc5c5c4oc4ccccc45)ccc2-3)c2cc3ccccc3c3c2oc2ccccc23)cc1. The van der Waals surface area contributed by atoms with E-state index in [0.29, 0.717) is 0 Å². The maximum atomic E-state index is 6.96. The van der Waals surface area contributed by atoms with Crippen molar-refractivity contribution in [2.24, 2.45) is 0 Å². The van der Waals surface area contributed by atoms with Crippen LogP contribution in [0, 0.1) is 0 Å². The maximum Gasteiger partial charge on any atom is 0.160 e. The Kier molecular flexibility index (Phi) is 9.14. The van der Waals surface area contributed by atoms with Crippen molar-refractivity contribution in [1.82, 2.24) is 0 Å². The third-order valence-electron chi connectivity index (χ3n) is 15.2. The summed E-state index contributed by atoms with van der Waals surface area (Å²) >= 11 is 0. The van der Waals surface area contributed by atoms with Crippen molar-refractivity contribution in [1.29, 1.82) is 0 Å². The number of nitrogens with zero attached hydrogens (tertiary/aromatic N) is 2. The second kappa shape index (κ2) is 16.2. The predicted molar refractivity (Wildman–Crippen MR) is 303 cm³/mol. The molecule has 0 saturated heterocycles. The number of para-hydroxylation sites is 4. The minimum atomic E-state index is -0.736. The molecule has 4 nitrogen and oxygen atoms in total. The predicted octanol–water partition coefficient (Wildman–Crippen LogP) is 19.1. The molecule has 0 radical (unpaired) electrons. The van der Waals surface area contributed by atoms with Crippen LogP contribution < -0.4 is 9.80 Å². The highest BCUT2D eigenvalue weighted by atomic mass is 16.3. The molecule has 14 aromatic rings. The van der Waals surface area contributed by atoms with Crippen molar-refractivity contribution in [3.63, 3.8) is 0 Å². The van der Waals surface area contributed by atoms with Crippen LogP contribution >= 0.6 is 0 Å². The lowest BCUT2D eigenvalue weighted by atomic mass is 9.67. The molecule has 0 aliphatic heterocycles. The van der Waals surface area contributed by atoms with Gasteiger partial charge < -0.3 is 18.6 Å². The summed E-state index contributed by atoms with van der Waals surface area (Å²) in [5.74, 6) is 0. The van der Waals surface area contributed by atoms with E-state index in [-0.39, 0.29) is 0 Å². The summed E-state index contributed by atoms with van der Waals surface area (Å²) in [6.07, 6.45) is 0. The fourth-order valence-corrected chi connectivity index (χ4v) is 12.2. The molecule has 1 aliphatic rings. The fraction of sp³-hybridized carbons (Fsp3) is 0.0145. The molecule has 12 aromatic carbocycles. The van der Waals surface area contributed by atoms with Gasteiger partial charge in [-0.2, -0.15) is 0 Å². The summed E-state index contributed by atoms with van der Waals surface area (Å²) in [5.41, 5.74) is 15.9. The first-order valence-electron chi connectivity index (χ1n) is 25.0. The molecule has 2 heterocycles. The van der Waals surface area contributed by atoms with Gasteiger partial charge in [0.2, 0.25) is 0 Å². The summed E-state index contributed by atoms with van der Waals surface area (Å²) in [6.45, 7) is 0. The maximum absolute atomic E-state index is 6.96. The lowest BCUT2D eigenvalue weighted by Gasteiger charge is -2.35. The minimum Gasteiger partial charge on any atom is -0.454 e. The fourth-order valence-electron chi connectivity index (χ4n) is 12.2. The first-order chi connectivity index (χ1) is 36.2. The molecule has 1 aliphatic carbocycles. The lowest BCUT2D eigenvalue weighted by Crippen LogP contribution is -2.29. The second-order valence-corrected chi connectivity index (χ2v) is 19.1. The molecule has 4 heteroatoms. The second-order valence-electron chi connectivity index (χ2n) is 19.1. The smallest absolute Gasteiger partial charge is 0.160 e. The molecule has 342 valence electrons. The van der Waals surface area contributed by atoms with Gasteiger partial charge in [-0.3, -0.25) is 0 Å². The number of rotatable bonds is 8. The van der Waals surface area contributed by atoms with Gasteiger partial charge in [0.1, 0.15) is 11.2 Å². The highest BCUT2D eigenvalue weighted by Crippen LogP contribution is 2.59. The van der Waals surface area contributed by atoms with Gasteiger partial charge in [-0.15, -0.1) is 0 Å².